The van der Waals surface area contributed by atoms with Crippen LogP contribution in [0.1, 0.15) is 49.9 Å². The topological polar surface area (TPSA) is 12.0 Å². The van der Waals surface area contributed by atoms with Gasteiger partial charge in [-0.3, -0.25) is 0 Å². The van der Waals surface area contributed by atoms with Gasteiger partial charge in [0.2, 0.25) is 0 Å². The number of hydrogen-bond acceptors (Lipinski definition) is 1. The number of nitrogens with one attached hydrogen (secondary N) is 1. The molecule has 0 fully saturated rings. The van der Waals surface area contributed by atoms with Crippen LogP contribution >= 0.6 is 0 Å². The molecule has 0 bridgehead atoms. The highest BCUT2D eigenvalue weighted by molar-refractivity contribution is 5.35. The van der Waals surface area contributed by atoms with Crippen molar-refractivity contribution in [3.63, 3.8) is 0 Å². The molecule has 0 aliphatic rings. The molecule has 1 heteroatoms. The van der Waals surface area contributed by atoms with Crippen LogP contribution in [-0.2, 0) is 0 Å². The van der Waals surface area contributed by atoms with Gasteiger partial charge in [0, 0.05) is 12.1 Å². The zero-order chi connectivity index (χ0) is 11.4. The highest BCUT2D eigenvalue weighted by Gasteiger charge is 2.10. The lowest BCUT2D eigenvalue weighted by Crippen LogP contribution is -2.28. The average Bonchev–Trinajstić information content (AvgIpc) is 2.21. The van der Waals surface area contributed by atoms with Crippen molar-refractivity contribution in [3.8, 4) is 0 Å². The van der Waals surface area contributed by atoms with Gasteiger partial charge in [-0.25, -0.2) is 0 Å². The fourth-order valence-corrected chi connectivity index (χ4v) is 1.88. The van der Waals surface area contributed by atoms with Crippen LogP contribution in [0, 0.1) is 13.8 Å². The molecular formula is C14H23N. The summed E-state index contributed by atoms with van der Waals surface area (Å²) in [5.74, 6) is 0. The monoisotopic (exact) mass is 205 g/mol. The molecule has 0 heterocycles. The largest absolute Gasteiger partial charge is 0.308 e. The molecule has 1 aromatic carbocycles. The molecule has 0 aliphatic carbocycles. The van der Waals surface area contributed by atoms with Crippen molar-refractivity contribution in [1.82, 2.24) is 5.32 Å². The normalized spacial score (nSPS) is 15.0. The van der Waals surface area contributed by atoms with E-state index in [0.29, 0.717) is 12.1 Å². The van der Waals surface area contributed by atoms with Crippen molar-refractivity contribution in [2.75, 3.05) is 0 Å². The maximum atomic E-state index is 3.61. The van der Waals surface area contributed by atoms with E-state index in [9.17, 15) is 0 Å². The standard InChI is InChI=1S/C14H23N/c1-6-11(3)15-13(5)14-9-7-8-10(2)12(14)4/h7-9,11,13,15H,6H2,1-5H3. The predicted octanol–water partition coefficient (Wildman–Crippen LogP) is 3.75. The zero-order valence-corrected chi connectivity index (χ0v) is 10.6. The summed E-state index contributed by atoms with van der Waals surface area (Å²) in [6, 6.07) is 7.57. The summed E-state index contributed by atoms with van der Waals surface area (Å²) in [6.45, 7) is 11.1. The molecule has 0 aromatic heterocycles. The second-order valence-corrected chi connectivity index (χ2v) is 4.49. The van der Waals surface area contributed by atoms with E-state index in [-0.39, 0.29) is 0 Å². The lowest BCUT2D eigenvalue weighted by molar-refractivity contribution is 0.468. The third-order valence-corrected chi connectivity index (χ3v) is 3.26. The van der Waals surface area contributed by atoms with Gasteiger partial charge in [-0.05, 0) is 50.8 Å². The van der Waals surface area contributed by atoms with E-state index in [2.05, 4.69) is 58.1 Å². The van der Waals surface area contributed by atoms with Crippen LogP contribution in [0.4, 0.5) is 0 Å². The molecule has 0 saturated carbocycles. The smallest absolute Gasteiger partial charge is 0.0296 e. The molecule has 15 heavy (non-hydrogen) atoms. The third-order valence-electron chi connectivity index (χ3n) is 3.26. The Morgan fingerprint density at radius 3 is 2.47 bits per heavy atom. The van der Waals surface area contributed by atoms with Crippen molar-refractivity contribution in [1.29, 1.82) is 0 Å². The Hall–Kier alpha value is -0.820. The van der Waals surface area contributed by atoms with Gasteiger partial charge in [0.05, 0.1) is 0 Å². The maximum absolute atomic E-state index is 3.61. The Bertz CT molecular complexity index is 317. The third kappa shape index (κ3) is 3.07. The zero-order valence-electron chi connectivity index (χ0n) is 10.6. The van der Waals surface area contributed by atoms with Gasteiger partial charge in [0.1, 0.15) is 0 Å². The quantitative estimate of drug-likeness (QED) is 0.789. The Labute approximate surface area is 93.9 Å². The molecule has 0 aliphatic heterocycles. The summed E-state index contributed by atoms with van der Waals surface area (Å²) in [7, 11) is 0. The molecule has 0 spiro atoms. The first-order valence-electron chi connectivity index (χ1n) is 5.88. The van der Waals surface area contributed by atoms with E-state index >= 15 is 0 Å². The second-order valence-electron chi connectivity index (χ2n) is 4.49. The highest BCUT2D eigenvalue weighted by atomic mass is 14.9. The van der Waals surface area contributed by atoms with Crippen molar-refractivity contribution < 1.29 is 0 Å². The minimum Gasteiger partial charge on any atom is -0.308 e. The van der Waals surface area contributed by atoms with Crippen molar-refractivity contribution in [2.24, 2.45) is 0 Å². The van der Waals surface area contributed by atoms with Crippen LogP contribution in [0.2, 0.25) is 0 Å². The molecule has 0 radical (unpaired) electrons. The molecule has 1 aromatic rings. The van der Waals surface area contributed by atoms with E-state index in [0.717, 1.165) is 0 Å². The van der Waals surface area contributed by atoms with E-state index < -0.39 is 0 Å². The van der Waals surface area contributed by atoms with Crippen LogP contribution < -0.4 is 5.32 Å². The van der Waals surface area contributed by atoms with Gasteiger partial charge < -0.3 is 5.32 Å². The van der Waals surface area contributed by atoms with Gasteiger partial charge in [-0.15, -0.1) is 0 Å². The molecule has 2 atom stereocenters. The number of aryl methyl sites for hydroxylation is 1. The lowest BCUT2D eigenvalue weighted by atomic mass is 9.98. The molecular weight excluding hydrogens is 182 g/mol. The second kappa shape index (κ2) is 5.32. The molecule has 0 amide bonds. The first-order valence-corrected chi connectivity index (χ1v) is 5.88. The van der Waals surface area contributed by atoms with Crippen molar-refractivity contribution in [2.45, 2.75) is 53.1 Å². The molecule has 2 unspecified atom stereocenters. The molecule has 1 nitrogen and oxygen atoms in total. The highest BCUT2D eigenvalue weighted by Crippen LogP contribution is 2.20. The minimum atomic E-state index is 0.444. The Balaban J connectivity index is 2.82. The number of hydrogen-bond donors (Lipinski definition) is 1. The molecule has 1 N–H and O–H groups in total. The molecule has 1 rings (SSSR count). The summed E-state index contributed by atoms with van der Waals surface area (Å²) < 4.78 is 0. The van der Waals surface area contributed by atoms with Crippen LogP contribution in [-0.4, -0.2) is 6.04 Å². The summed E-state index contributed by atoms with van der Waals surface area (Å²) >= 11 is 0. The summed E-state index contributed by atoms with van der Waals surface area (Å²) in [6.07, 6.45) is 1.18. The fourth-order valence-electron chi connectivity index (χ4n) is 1.88. The van der Waals surface area contributed by atoms with Crippen LogP contribution in [0.3, 0.4) is 0 Å². The van der Waals surface area contributed by atoms with Gasteiger partial charge in [0.25, 0.3) is 0 Å². The van der Waals surface area contributed by atoms with E-state index in [1.54, 1.807) is 0 Å². The van der Waals surface area contributed by atoms with Gasteiger partial charge >= 0.3 is 0 Å². The average molecular weight is 205 g/mol. The molecule has 0 saturated heterocycles. The fraction of sp³-hybridized carbons (Fsp3) is 0.571. The van der Waals surface area contributed by atoms with Crippen LogP contribution in [0.5, 0.6) is 0 Å². The van der Waals surface area contributed by atoms with E-state index in [4.69, 9.17) is 0 Å². The molecule has 84 valence electrons. The van der Waals surface area contributed by atoms with Crippen LogP contribution in [0.15, 0.2) is 18.2 Å². The summed E-state index contributed by atoms with van der Waals surface area (Å²) in [5, 5.41) is 3.61. The van der Waals surface area contributed by atoms with Gasteiger partial charge in [-0.2, -0.15) is 0 Å². The van der Waals surface area contributed by atoms with Gasteiger partial charge in [-0.1, -0.05) is 25.1 Å². The minimum absolute atomic E-state index is 0.444. The van der Waals surface area contributed by atoms with E-state index in [1.165, 1.54) is 23.1 Å². The Kier molecular flexibility index (Phi) is 4.34. The van der Waals surface area contributed by atoms with E-state index in [1.807, 2.05) is 0 Å². The first-order chi connectivity index (χ1) is 7.06. The lowest BCUT2D eigenvalue weighted by Gasteiger charge is -2.21. The Morgan fingerprint density at radius 1 is 1.20 bits per heavy atom. The number of rotatable bonds is 4. The number of benzene rings is 1. The predicted molar refractivity (Wildman–Crippen MR) is 67.2 cm³/mol. The van der Waals surface area contributed by atoms with Crippen molar-refractivity contribution in [3.05, 3.63) is 34.9 Å². The summed E-state index contributed by atoms with van der Waals surface area (Å²) in [4.78, 5) is 0. The van der Waals surface area contributed by atoms with Crippen LogP contribution in [0.25, 0.3) is 0 Å². The first kappa shape index (κ1) is 12.3. The maximum Gasteiger partial charge on any atom is 0.0296 e. The van der Waals surface area contributed by atoms with Crippen molar-refractivity contribution >= 4 is 0 Å². The summed E-state index contributed by atoms with van der Waals surface area (Å²) in [5.41, 5.74) is 4.22. The SMILES string of the molecule is CCC(C)NC(C)c1cccc(C)c1C. The van der Waals surface area contributed by atoms with Gasteiger partial charge in [0.15, 0.2) is 0 Å². The Morgan fingerprint density at radius 2 is 1.87 bits per heavy atom.